The third kappa shape index (κ3) is 7.25. The van der Waals surface area contributed by atoms with Crippen molar-refractivity contribution in [1.29, 1.82) is 0 Å². The Morgan fingerprint density at radius 1 is 1.16 bits per heavy atom. The summed E-state index contributed by atoms with van der Waals surface area (Å²) in [5.74, 6) is -0.336. The Balaban J connectivity index is 2.13. The van der Waals surface area contributed by atoms with Crippen LogP contribution in [-0.4, -0.2) is 34.6 Å². The van der Waals surface area contributed by atoms with Gasteiger partial charge in [-0.1, -0.05) is 48.9 Å². The van der Waals surface area contributed by atoms with Gasteiger partial charge in [0.25, 0.3) is 0 Å². The molecule has 2 aromatic rings. The van der Waals surface area contributed by atoms with Gasteiger partial charge in [0.15, 0.2) is 0 Å². The molecule has 0 saturated carbocycles. The van der Waals surface area contributed by atoms with Crippen molar-refractivity contribution < 1.29 is 14.0 Å². The van der Waals surface area contributed by atoms with Crippen molar-refractivity contribution in [3.05, 3.63) is 70.0 Å². The lowest BCUT2D eigenvalue weighted by molar-refractivity contribution is -0.138. The third-order valence-corrected chi connectivity index (χ3v) is 6.60. The largest absolute Gasteiger partial charge is 0.352 e. The van der Waals surface area contributed by atoms with Crippen LogP contribution in [0.5, 0.6) is 0 Å². The molecule has 2 rings (SSSR count). The van der Waals surface area contributed by atoms with E-state index < -0.39 is 6.04 Å². The van der Waals surface area contributed by atoms with Crippen LogP contribution in [0.3, 0.4) is 0 Å². The summed E-state index contributed by atoms with van der Waals surface area (Å²) in [6, 6.07) is 11.8. The summed E-state index contributed by atoms with van der Waals surface area (Å²) in [4.78, 5) is 27.5. The summed E-state index contributed by atoms with van der Waals surface area (Å²) in [5, 5.41) is 3.30. The van der Waals surface area contributed by atoms with E-state index in [9.17, 15) is 14.0 Å². The van der Waals surface area contributed by atoms with E-state index in [4.69, 9.17) is 11.6 Å². The number of rotatable bonds is 10. The topological polar surface area (TPSA) is 49.4 Å². The van der Waals surface area contributed by atoms with Gasteiger partial charge in [0.2, 0.25) is 11.8 Å². The van der Waals surface area contributed by atoms with E-state index in [1.807, 2.05) is 45.0 Å². The number of carbonyl (C=O) groups excluding carboxylic acids is 2. The lowest BCUT2D eigenvalue weighted by Gasteiger charge is -2.30. The molecule has 0 unspecified atom stereocenters. The molecule has 0 saturated heterocycles. The van der Waals surface area contributed by atoms with Crippen LogP contribution in [0.2, 0.25) is 5.02 Å². The number of thioether (sulfide) groups is 1. The predicted octanol–water partition coefficient (Wildman–Crippen LogP) is 5.35. The molecule has 4 nitrogen and oxygen atoms in total. The monoisotopic (exact) mass is 464 g/mol. The number of amides is 2. The van der Waals surface area contributed by atoms with Gasteiger partial charge in [-0.3, -0.25) is 9.59 Å². The molecule has 0 heterocycles. The highest BCUT2D eigenvalue weighted by molar-refractivity contribution is 7.99. The number of halogens is 2. The van der Waals surface area contributed by atoms with Crippen molar-refractivity contribution in [2.24, 2.45) is 0 Å². The minimum absolute atomic E-state index is 0.0305. The average molecular weight is 465 g/mol. The first-order valence-electron chi connectivity index (χ1n) is 10.4. The molecule has 0 spiro atoms. The maximum Gasteiger partial charge on any atom is 0.242 e. The van der Waals surface area contributed by atoms with E-state index in [2.05, 4.69) is 5.32 Å². The molecule has 2 atom stereocenters. The van der Waals surface area contributed by atoms with Crippen LogP contribution < -0.4 is 5.32 Å². The number of nitrogens with zero attached hydrogens (tertiary/aromatic N) is 1. The Morgan fingerprint density at radius 2 is 1.87 bits per heavy atom. The quantitative estimate of drug-likeness (QED) is 0.515. The summed E-state index contributed by atoms with van der Waals surface area (Å²) >= 11 is 7.37. The Bertz CT molecular complexity index is 889. The van der Waals surface area contributed by atoms with Gasteiger partial charge in [0.05, 0.1) is 5.75 Å². The Labute approximate surface area is 193 Å². The smallest absolute Gasteiger partial charge is 0.242 e. The average Bonchev–Trinajstić information content (AvgIpc) is 2.74. The molecule has 0 aliphatic carbocycles. The van der Waals surface area contributed by atoms with Crippen molar-refractivity contribution in [3.63, 3.8) is 0 Å². The molecule has 7 heteroatoms. The highest BCUT2D eigenvalue weighted by Crippen LogP contribution is 2.24. The molecule has 0 fully saturated rings. The van der Waals surface area contributed by atoms with Crippen LogP contribution in [0.15, 0.2) is 42.5 Å². The molecule has 1 N–H and O–H groups in total. The van der Waals surface area contributed by atoms with Gasteiger partial charge in [-0.15, -0.1) is 11.8 Å². The van der Waals surface area contributed by atoms with Crippen molar-refractivity contribution >= 4 is 35.2 Å². The first-order chi connectivity index (χ1) is 14.7. The van der Waals surface area contributed by atoms with Crippen molar-refractivity contribution in [2.75, 3.05) is 5.75 Å². The zero-order valence-electron chi connectivity index (χ0n) is 18.5. The highest BCUT2D eigenvalue weighted by atomic mass is 35.5. The minimum Gasteiger partial charge on any atom is -0.352 e. The molecule has 0 aliphatic heterocycles. The van der Waals surface area contributed by atoms with Crippen LogP contribution in [0.1, 0.15) is 43.9 Å². The summed E-state index contributed by atoms with van der Waals surface area (Å²) in [6.07, 6.45) is 0.809. The summed E-state index contributed by atoms with van der Waals surface area (Å²) in [7, 11) is 0. The minimum atomic E-state index is -0.626. The summed E-state index contributed by atoms with van der Waals surface area (Å²) < 4.78 is 14.0. The molecular formula is C24H30ClFN2O2S. The molecule has 0 aromatic heterocycles. The van der Waals surface area contributed by atoms with Gasteiger partial charge in [-0.25, -0.2) is 4.39 Å². The normalized spacial score (nSPS) is 12.8. The van der Waals surface area contributed by atoms with Crippen molar-refractivity contribution in [2.45, 2.75) is 58.5 Å². The second-order valence-corrected chi connectivity index (χ2v) is 9.03. The molecule has 2 amide bonds. The molecule has 0 radical (unpaired) electrons. The van der Waals surface area contributed by atoms with Gasteiger partial charge >= 0.3 is 0 Å². The van der Waals surface area contributed by atoms with E-state index >= 15 is 0 Å². The van der Waals surface area contributed by atoms with Gasteiger partial charge in [-0.05, 0) is 50.5 Å². The fraction of sp³-hybridized carbons (Fsp3) is 0.417. The van der Waals surface area contributed by atoms with Gasteiger partial charge in [0, 0.05) is 28.9 Å². The summed E-state index contributed by atoms with van der Waals surface area (Å²) in [6.45, 7) is 7.99. The van der Waals surface area contributed by atoms with E-state index in [0.717, 1.165) is 17.5 Å². The molecule has 31 heavy (non-hydrogen) atoms. The van der Waals surface area contributed by atoms with Crippen LogP contribution in [0.4, 0.5) is 4.39 Å². The number of hydrogen-bond donors (Lipinski definition) is 1. The third-order valence-electron chi connectivity index (χ3n) is 5.30. The predicted molar refractivity (Wildman–Crippen MR) is 127 cm³/mol. The Kier molecular flexibility index (Phi) is 9.85. The lowest BCUT2D eigenvalue weighted by Crippen LogP contribution is -2.50. The molecule has 0 bridgehead atoms. The van der Waals surface area contributed by atoms with E-state index in [0.29, 0.717) is 17.1 Å². The van der Waals surface area contributed by atoms with Crippen LogP contribution >= 0.6 is 23.4 Å². The van der Waals surface area contributed by atoms with Crippen molar-refractivity contribution in [3.8, 4) is 0 Å². The standard InChI is InChI=1S/C24H30ClFN2O2S/c1-5-17(3)27-24(30)18(4)28(13-19-10-7-6-9-16(19)2)23(29)15-31-14-20-21(25)11-8-12-22(20)26/h6-12,17-18H,5,13-15H2,1-4H3,(H,27,30)/t17-,18-/m1/s1. The zero-order valence-corrected chi connectivity index (χ0v) is 20.0. The number of nitrogens with one attached hydrogen (secondary N) is 1. The Hall–Kier alpha value is -2.05. The fourth-order valence-electron chi connectivity index (χ4n) is 3.01. The van der Waals surface area contributed by atoms with Crippen LogP contribution in [0, 0.1) is 12.7 Å². The second kappa shape index (κ2) is 12.1. The van der Waals surface area contributed by atoms with E-state index in [1.54, 1.807) is 24.0 Å². The first kappa shape index (κ1) is 25.2. The molecule has 2 aromatic carbocycles. The van der Waals surface area contributed by atoms with Crippen LogP contribution in [-0.2, 0) is 21.9 Å². The zero-order chi connectivity index (χ0) is 23.0. The number of hydrogen-bond acceptors (Lipinski definition) is 3. The molecule has 0 aliphatic rings. The van der Waals surface area contributed by atoms with Crippen LogP contribution in [0.25, 0.3) is 0 Å². The van der Waals surface area contributed by atoms with Crippen molar-refractivity contribution in [1.82, 2.24) is 10.2 Å². The maximum absolute atomic E-state index is 14.0. The van der Waals surface area contributed by atoms with E-state index in [-0.39, 0.29) is 35.2 Å². The van der Waals surface area contributed by atoms with Gasteiger partial charge < -0.3 is 10.2 Å². The fourth-order valence-corrected chi connectivity index (χ4v) is 4.26. The van der Waals surface area contributed by atoms with E-state index in [1.165, 1.54) is 17.8 Å². The number of aryl methyl sites for hydroxylation is 1. The maximum atomic E-state index is 14.0. The summed E-state index contributed by atoms with van der Waals surface area (Å²) in [5.41, 5.74) is 2.43. The number of carbonyl (C=O) groups is 2. The molecule has 168 valence electrons. The number of benzene rings is 2. The SMILES string of the molecule is CC[C@@H](C)NC(=O)[C@@H](C)N(Cc1ccccc1C)C(=O)CSCc1c(F)cccc1Cl. The van der Waals surface area contributed by atoms with Gasteiger partial charge in [-0.2, -0.15) is 0 Å². The lowest BCUT2D eigenvalue weighted by atomic mass is 10.1. The Morgan fingerprint density at radius 3 is 2.52 bits per heavy atom. The second-order valence-electron chi connectivity index (χ2n) is 7.63. The first-order valence-corrected chi connectivity index (χ1v) is 11.9. The highest BCUT2D eigenvalue weighted by Gasteiger charge is 2.27. The van der Waals surface area contributed by atoms with Gasteiger partial charge in [0.1, 0.15) is 11.9 Å². The molecular weight excluding hydrogens is 435 g/mol.